The molecule has 5 nitrogen and oxygen atoms in total. The summed E-state index contributed by atoms with van der Waals surface area (Å²) in [7, 11) is 0. The van der Waals surface area contributed by atoms with Gasteiger partial charge in [0.25, 0.3) is 0 Å². The van der Waals surface area contributed by atoms with Crippen LogP contribution in [-0.4, -0.2) is 24.1 Å². The number of benzene rings is 7. The molecule has 0 bridgehead atoms. The first-order valence-electron chi connectivity index (χ1n) is 18.2. The van der Waals surface area contributed by atoms with E-state index >= 15 is 0 Å². The number of pyridine rings is 1. The molecule has 0 N–H and O–H groups in total. The van der Waals surface area contributed by atoms with E-state index in [0.29, 0.717) is 5.65 Å². The molecule has 54 heavy (non-hydrogen) atoms. The fourth-order valence-corrected chi connectivity index (χ4v) is 8.08. The fourth-order valence-electron chi connectivity index (χ4n) is 8.08. The number of fused-ring (bicyclic) bond motifs is 7. The van der Waals surface area contributed by atoms with E-state index in [-0.39, 0.29) is 0 Å². The van der Waals surface area contributed by atoms with Crippen molar-refractivity contribution in [2.75, 3.05) is 0 Å². The highest BCUT2D eigenvalue weighted by Gasteiger charge is 2.20. The van der Waals surface area contributed by atoms with Gasteiger partial charge in [-0.25, -0.2) is 15.0 Å². The maximum Gasteiger partial charge on any atom is 0.180 e. The Bertz CT molecular complexity index is 3200. The second kappa shape index (κ2) is 12.1. The lowest BCUT2D eigenvalue weighted by molar-refractivity contribution is 1.07. The van der Waals surface area contributed by atoms with Crippen LogP contribution in [0.3, 0.4) is 0 Å². The van der Waals surface area contributed by atoms with Crippen LogP contribution >= 0.6 is 0 Å². The maximum atomic E-state index is 5.18. The number of para-hydroxylation sites is 2. The molecule has 4 heterocycles. The number of rotatable bonds is 5. The number of aromatic nitrogens is 5. The van der Waals surface area contributed by atoms with Crippen LogP contribution in [-0.2, 0) is 0 Å². The zero-order valence-corrected chi connectivity index (χ0v) is 29.1. The van der Waals surface area contributed by atoms with E-state index in [2.05, 4.69) is 166 Å². The molecule has 0 unspecified atom stereocenters. The van der Waals surface area contributed by atoms with E-state index in [1.54, 1.807) is 6.20 Å². The van der Waals surface area contributed by atoms with Crippen molar-refractivity contribution in [2.45, 2.75) is 0 Å². The highest BCUT2D eigenvalue weighted by atomic mass is 15.1. The average molecular weight is 690 g/mol. The van der Waals surface area contributed by atoms with Gasteiger partial charge >= 0.3 is 0 Å². The van der Waals surface area contributed by atoms with Crippen molar-refractivity contribution in [1.29, 1.82) is 0 Å². The van der Waals surface area contributed by atoms with Crippen molar-refractivity contribution in [3.05, 3.63) is 188 Å². The first-order chi connectivity index (χ1) is 26.8. The zero-order chi connectivity index (χ0) is 35.6. The SMILES string of the molecule is c1ccc(-c2ccc3c(c2)c2cc(-c4ccc5c(c4)c4ccccc4n5-c4nc5ncccc5nc4-c4ccccc4)ccc2n3-c2ccccc2)cc1. The molecule has 0 amide bonds. The van der Waals surface area contributed by atoms with Crippen LogP contribution in [0.15, 0.2) is 188 Å². The third-order valence-electron chi connectivity index (χ3n) is 10.6. The third kappa shape index (κ3) is 4.76. The van der Waals surface area contributed by atoms with Gasteiger partial charge in [0.1, 0.15) is 11.2 Å². The van der Waals surface area contributed by atoms with Crippen LogP contribution in [0.25, 0.3) is 99.8 Å². The Hall–Kier alpha value is -7.37. The molecule has 0 atom stereocenters. The van der Waals surface area contributed by atoms with Crippen LogP contribution in [0.4, 0.5) is 0 Å². The fraction of sp³-hybridized carbons (Fsp3) is 0. The van der Waals surface area contributed by atoms with Crippen LogP contribution in [0.5, 0.6) is 0 Å². The molecular weight excluding hydrogens is 659 g/mol. The predicted octanol–water partition coefficient (Wildman–Crippen LogP) is 12.2. The van der Waals surface area contributed by atoms with Gasteiger partial charge in [-0.05, 0) is 89.0 Å². The molecule has 0 aliphatic carbocycles. The highest BCUT2D eigenvalue weighted by Crippen LogP contribution is 2.40. The van der Waals surface area contributed by atoms with Gasteiger partial charge in [0.05, 0.1) is 22.1 Å². The Kier molecular flexibility index (Phi) is 6.79. The van der Waals surface area contributed by atoms with Crippen molar-refractivity contribution < 1.29 is 0 Å². The van der Waals surface area contributed by atoms with Gasteiger partial charge in [0.15, 0.2) is 11.5 Å². The molecule has 0 radical (unpaired) electrons. The first-order valence-corrected chi connectivity index (χ1v) is 18.2. The standard InChI is InChI=1S/C49H31N5/c1-4-13-32(14-5-1)34-22-25-44-40(29-34)41-31-36(23-26-45(41)53(44)37-17-8-3-9-18-37)35-24-27-46-39(30-35)38-19-10-11-21-43(38)54(46)49-47(33-15-6-2-7-16-33)51-42-20-12-28-50-48(42)52-49/h1-31H. The molecule has 0 saturated carbocycles. The molecule has 0 aliphatic rings. The molecule has 252 valence electrons. The third-order valence-corrected chi connectivity index (χ3v) is 10.6. The lowest BCUT2D eigenvalue weighted by Gasteiger charge is -2.13. The average Bonchev–Trinajstić information content (AvgIpc) is 3.76. The number of hydrogen-bond donors (Lipinski definition) is 0. The monoisotopic (exact) mass is 689 g/mol. The van der Waals surface area contributed by atoms with Crippen molar-refractivity contribution >= 4 is 54.8 Å². The number of hydrogen-bond acceptors (Lipinski definition) is 3. The summed E-state index contributed by atoms with van der Waals surface area (Å²) < 4.78 is 4.63. The van der Waals surface area contributed by atoms with Crippen molar-refractivity contribution in [1.82, 2.24) is 24.1 Å². The summed E-state index contributed by atoms with van der Waals surface area (Å²) in [6.07, 6.45) is 1.78. The van der Waals surface area contributed by atoms with Gasteiger partial charge in [0, 0.05) is 39.0 Å². The Balaban J connectivity index is 1.13. The molecule has 0 aliphatic heterocycles. The minimum atomic E-state index is 0.619. The van der Waals surface area contributed by atoms with Gasteiger partial charge in [-0.15, -0.1) is 0 Å². The Morgan fingerprint density at radius 1 is 0.352 bits per heavy atom. The normalized spacial score (nSPS) is 11.7. The Labute approximate surface area is 311 Å². The maximum absolute atomic E-state index is 5.18. The van der Waals surface area contributed by atoms with E-state index < -0.39 is 0 Å². The molecule has 0 fully saturated rings. The summed E-state index contributed by atoms with van der Waals surface area (Å²) in [6.45, 7) is 0. The lowest BCUT2D eigenvalue weighted by atomic mass is 9.99. The van der Waals surface area contributed by atoms with Gasteiger partial charge in [0.2, 0.25) is 0 Å². The van der Waals surface area contributed by atoms with Crippen LogP contribution in [0.2, 0.25) is 0 Å². The summed E-state index contributed by atoms with van der Waals surface area (Å²) in [5.74, 6) is 0.760. The van der Waals surface area contributed by atoms with Crippen molar-refractivity contribution in [3.63, 3.8) is 0 Å². The van der Waals surface area contributed by atoms with E-state index in [0.717, 1.165) is 61.2 Å². The minimum absolute atomic E-state index is 0.619. The van der Waals surface area contributed by atoms with E-state index in [1.807, 2.05) is 30.3 Å². The van der Waals surface area contributed by atoms with Crippen LogP contribution in [0.1, 0.15) is 0 Å². The quantitative estimate of drug-likeness (QED) is 0.181. The first kappa shape index (κ1) is 30.3. The topological polar surface area (TPSA) is 48.5 Å². The molecule has 4 aromatic heterocycles. The largest absolute Gasteiger partial charge is 0.309 e. The predicted molar refractivity (Wildman–Crippen MR) is 222 cm³/mol. The highest BCUT2D eigenvalue weighted by molar-refractivity contribution is 6.13. The van der Waals surface area contributed by atoms with Crippen molar-refractivity contribution in [3.8, 4) is 45.0 Å². The van der Waals surface area contributed by atoms with Gasteiger partial charge < -0.3 is 4.57 Å². The van der Waals surface area contributed by atoms with E-state index in [1.165, 1.54) is 32.9 Å². The second-order valence-electron chi connectivity index (χ2n) is 13.7. The lowest BCUT2D eigenvalue weighted by Crippen LogP contribution is -2.04. The molecule has 0 saturated heterocycles. The van der Waals surface area contributed by atoms with Gasteiger partial charge in [-0.2, -0.15) is 0 Å². The van der Waals surface area contributed by atoms with Crippen molar-refractivity contribution in [2.24, 2.45) is 0 Å². The molecule has 11 aromatic rings. The summed E-state index contributed by atoms with van der Waals surface area (Å²) in [4.78, 5) is 14.9. The smallest absolute Gasteiger partial charge is 0.180 e. The Morgan fingerprint density at radius 2 is 0.870 bits per heavy atom. The van der Waals surface area contributed by atoms with E-state index in [4.69, 9.17) is 9.97 Å². The second-order valence-corrected chi connectivity index (χ2v) is 13.7. The Morgan fingerprint density at radius 3 is 1.54 bits per heavy atom. The minimum Gasteiger partial charge on any atom is -0.309 e. The van der Waals surface area contributed by atoms with Gasteiger partial charge in [-0.1, -0.05) is 115 Å². The van der Waals surface area contributed by atoms with Crippen LogP contribution < -0.4 is 0 Å². The molecule has 11 rings (SSSR count). The molecule has 7 aromatic carbocycles. The zero-order valence-electron chi connectivity index (χ0n) is 29.1. The molecular formula is C49H31N5. The van der Waals surface area contributed by atoms with E-state index in [9.17, 15) is 0 Å². The summed E-state index contributed by atoms with van der Waals surface area (Å²) in [5, 5.41) is 4.76. The molecule has 5 heteroatoms. The summed E-state index contributed by atoms with van der Waals surface area (Å²) in [5.41, 5.74) is 13.6. The number of nitrogens with zero attached hydrogens (tertiary/aromatic N) is 5. The molecule has 0 spiro atoms. The van der Waals surface area contributed by atoms with Gasteiger partial charge in [-0.3, -0.25) is 4.57 Å². The van der Waals surface area contributed by atoms with Crippen LogP contribution in [0, 0.1) is 0 Å². The summed E-state index contributed by atoms with van der Waals surface area (Å²) >= 11 is 0. The summed E-state index contributed by atoms with van der Waals surface area (Å²) in [6, 6.07) is 64.6.